The second-order valence-electron chi connectivity index (χ2n) is 4.78. The molecule has 0 spiro atoms. The number of nitrogens with one attached hydrogen (secondary N) is 1. The first-order valence-electron chi connectivity index (χ1n) is 6.39. The molecule has 0 saturated carbocycles. The molecule has 1 fully saturated rings. The van der Waals surface area contributed by atoms with E-state index in [9.17, 15) is 18.0 Å². The third-order valence-corrected chi connectivity index (χ3v) is 5.88. The standard InChI is InChI=1S/C12H16N2O5S2/c1-13-21(18,19)9-5-10(20-7-9)11(15)14-4-2-3-8(6-14)12(16)17/h5,7-8,13H,2-4,6H2,1H3,(H,16,17). The molecule has 21 heavy (non-hydrogen) atoms. The van der Waals surface area contributed by atoms with E-state index in [1.807, 2.05) is 0 Å². The molecule has 9 heteroatoms. The van der Waals surface area contributed by atoms with Crippen LogP contribution in [0.4, 0.5) is 0 Å². The van der Waals surface area contributed by atoms with Crippen molar-refractivity contribution in [1.29, 1.82) is 0 Å². The molecule has 1 saturated heterocycles. The van der Waals surface area contributed by atoms with Crippen LogP contribution in [0.1, 0.15) is 22.5 Å². The first kappa shape index (κ1) is 15.9. The lowest BCUT2D eigenvalue weighted by molar-refractivity contribution is -0.143. The Bertz CT molecular complexity index is 652. The molecule has 0 radical (unpaired) electrons. The van der Waals surface area contributed by atoms with E-state index in [1.54, 1.807) is 0 Å². The van der Waals surface area contributed by atoms with Crippen LogP contribution in [0.3, 0.4) is 0 Å². The summed E-state index contributed by atoms with van der Waals surface area (Å²) < 4.78 is 25.5. The smallest absolute Gasteiger partial charge is 0.308 e. The van der Waals surface area contributed by atoms with Crippen LogP contribution in [-0.4, -0.2) is 50.4 Å². The number of piperidine rings is 1. The number of likely N-dealkylation sites (tertiary alicyclic amines) is 1. The van der Waals surface area contributed by atoms with Gasteiger partial charge in [-0.05, 0) is 26.0 Å². The van der Waals surface area contributed by atoms with Crippen LogP contribution < -0.4 is 4.72 Å². The summed E-state index contributed by atoms with van der Waals surface area (Å²) in [6.45, 7) is 0.662. The molecule has 2 heterocycles. The third kappa shape index (κ3) is 3.42. The van der Waals surface area contributed by atoms with Crippen LogP contribution >= 0.6 is 11.3 Å². The molecular weight excluding hydrogens is 316 g/mol. The fraction of sp³-hybridized carbons (Fsp3) is 0.500. The van der Waals surface area contributed by atoms with E-state index >= 15 is 0 Å². The molecule has 1 aliphatic heterocycles. The Labute approximate surface area is 126 Å². The largest absolute Gasteiger partial charge is 0.481 e. The van der Waals surface area contributed by atoms with Gasteiger partial charge in [-0.2, -0.15) is 0 Å². The molecule has 0 bridgehead atoms. The Hall–Kier alpha value is -1.45. The van der Waals surface area contributed by atoms with Crippen molar-refractivity contribution in [2.75, 3.05) is 20.1 Å². The Balaban J connectivity index is 2.15. The molecule has 1 atom stereocenters. The van der Waals surface area contributed by atoms with Gasteiger partial charge in [-0.1, -0.05) is 0 Å². The molecular formula is C12H16N2O5S2. The van der Waals surface area contributed by atoms with Gasteiger partial charge in [0.05, 0.1) is 15.7 Å². The number of aliphatic carboxylic acids is 1. The monoisotopic (exact) mass is 332 g/mol. The van der Waals surface area contributed by atoms with Gasteiger partial charge in [0, 0.05) is 18.5 Å². The van der Waals surface area contributed by atoms with Gasteiger partial charge in [0.1, 0.15) is 0 Å². The molecule has 116 valence electrons. The number of carboxylic acids is 1. The zero-order valence-electron chi connectivity index (χ0n) is 11.4. The van der Waals surface area contributed by atoms with E-state index < -0.39 is 21.9 Å². The average Bonchev–Trinajstić information content (AvgIpc) is 2.97. The number of amides is 1. The summed E-state index contributed by atoms with van der Waals surface area (Å²) in [5.74, 6) is -1.77. The van der Waals surface area contributed by atoms with Gasteiger partial charge in [0.2, 0.25) is 10.0 Å². The SMILES string of the molecule is CNS(=O)(=O)c1csc(C(=O)N2CCCC(C(=O)O)C2)c1. The van der Waals surface area contributed by atoms with Crippen molar-refractivity contribution in [3.05, 3.63) is 16.3 Å². The highest BCUT2D eigenvalue weighted by molar-refractivity contribution is 7.89. The normalized spacial score (nSPS) is 19.5. The van der Waals surface area contributed by atoms with Crippen LogP contribution in [0.15, 0.2) is 16.3 Å². The predicted molar refractivity (Wildman–Crippen MR) is 76.8 cm³/mol. The Morgan fingerprint density at radius 2 is 2.19 bits per heavy atom. The molecule has 1 aliphatic rings. The third-order valence-electron chi connectivity index (χ3n) is 3.42. The van der Waals surface area contributed by atoms with Crippen molar-refractivity contribution in [1.82, 2.24) is 9.62 Å². The highest BCUT2D eigenvalue weighted by Crippen LogP contribution is 2.24. The zero-order valence-corrected chi connectivity index (χ0v) is 13.0. The lowest BCUT2D eigenvalue weighted by atomic mass is 9.98. The van der Waals surface area contributed by atoms with Crippen molar-refractivity contribution in [3.63, 3.8) is 0 Å². The molecule has 0 aromatic carbocycles. The Morgan fingerprint density at radius 3 is 2.81 bits per heavy atom. The van der Waals surface area contributed by atoms with E-state index in [-0.39, 0.29) is 17.3 Å². The number of rotatable bonds is 4. The minimum absolute atomic E-state index is 0.0464. The highest BCUT2D eigenvalue weighted by Gasteiger charge is 2.29. The summed E-state index contributed by atoms with van der Waals surface area (Å²) in [5.41, 5.74) is 0. The van der Waals surface area contributed by atoms with E-state index in [2.05, 4.69) is 4.72 Å². The van der Waals surface area contributed by atoms with Gasteiger partial charge in [0.15, 0.2) is 0 Å². The molecule has 1 aromatic rings. The highest BCUT2D eigenvalue weighted by atomic mass is 32.2. The average molecular weight is 332 g/mol. The van der Waals surface area contributed by atoms with Gasteiger partial charge in [-0.15, -0.1) is 11.3 Å². The van der Waals surface area contributed by atoms with Crippen molar-refractivity contribution >= 4 is 33.2 Å². The summed E-state index contributed by atoms with van der Waals surface area (Å²) in [6, 6.07) is 1.32. The molecule has 2 rings (SSSR count). The van der Waals surface area contributed by atoms with Gasteiger partial charge in [-0.3, -0.25) is 9.59 Å². The summed E-state index contributed by atoms with van der Waals surface area (Å²) in [4.78, 5) is 25.2. The number of thiophene rings is 1. The number of carbonyl (C=O) groups is 2. The first-order chi connectivity index (χ1) is 9.85. The second kappa shape index (κ2) is 6.12. The predicted octanol–water partition coefficient (Wildman–Crippen LogP) is 0.593. The maximum Gasteiger partial charge on any atom is 0.308 e. The molecule has 7 nitrogen and oxygen atoms in total. The van der Waals surface area contributed by atoms with Crippen LogP contribution in [0.2, 0.25) is 0 Å². The minimum atomic E-state index is -3.57. The van der Waals surface area contributed by atoms with E-state index in [0.717, 1.165) is 11.3 Å². The van der Waals surface area contributed by atoms with Crippen molar-refractivity contribution in [2.24, 2.45) is 5.92 Å². The molecule has 1 aromatic heterocycles. The fourth-order valence-corrected chi connectivity index (χ4v) is 4.18. The van der Waals surface area contributed by atoms with Crippen LogP contribution in [0.25, 0.3) is 0 Å². The number of carboxylic acid groups (broad SMARTS) is 1. The van der Waals surface area contributed by atoms with Crippen LogP contribution in [0.5, 0.6) is 0 Å². The minimum Gasteiger partial charge on any atom is -0.481 e. The first-order valence-corrected chi connectivity index (χ1v) is 8.75. The lowest BCUT2D eigenvalue weighted by Gasteiger charge is -2.30. The topological polar surface area (TPSA) is 104 Å². The summed E-state index contributed by atoms with van der Waals surface area (Å²) in [7, 11) is -2.27. The molecule has 1 amide bonds. The summed E-state index contributed by atoms with van der Waals surface area (Å²) >= 11 is 1.05. The van der Waals surface area contributed by atoms with Crippen molar-refractivity contribution < 1.29 is 23.1 Å². The van der Waals surface area contributed by atoms with Gasteiger partial charge in [-0.25, -0.2) is 13.1 Å². The molecule has 2 N–H and O–H groups in total. The van der Waals surface area contributed by atoms with E-state index in [0.29, 0.717) is 24.3 Å². The molecule has 0 aliphatic carbocycles. The summed E-state index contributed by atoms with van der Waals surface area (Å²) in [6.07, 6.45) is 1.19. The van der Waals surface area contributed by atoms with E-state index in [1.165, 1.54) is 23.4 Å². The summed E-state index contributed by atoms with van der Waals surface area (Å²) in [5, 5.41) is 10.4. The van der Waals surface area contributed by atoms with Crippen LogP contribution in [0, 0.1) is 5.92 Å². The maximum absolute atomic E-state index is 12.3. The second-order valence-corrected chi connectivity index (χ2v) is 7.58. The number of hydrogen-bond acceptors (Lipinski definition) is 5. The van der Waals surface area contributed by atoms with Gasteiger partial charge >= 0.3 is 5.97 Å². The number of sulfonamides is 1. The van der Waals surface area contributed by atoms with Crippen molar-refractivity contribution in [3.8, 4) is 0 Å². The fourth-order valence-electron chi connectivity index (χ4n) is 2.21. The van der Waals surface area contributed by atoms with Crippen molar-refractivity contribution in [2.45, 2.75) is 17.7 Å². The quantitative estimate of drug-likeness (QED) is 0.840. The van der Waals surface area contributed by atoms with Crippen LogP contribution in [-0.2, 0) is 14.8 Å². The van der Waals surface area contributed by atoms with Gasteiger partial charge < -0.3 is 10.0 Å². The lowest BCUT2D eigenvalue weighted by Crippen LogP contribution is -2.42. The number of carbonyl (C=O) groups excluding carboxylic acids is 1. The van der Waals surface area contributed by atoms with Gasteiger partial charge in [0.25, 0.3) is 5.91 Å². The maximum atomic E-state index is 12.3. The molecule has 1 unspecified atom stereocenters. The Kier molecular flexibility index (Phi) is 4.64. The number of hydrogen-bond donors (Lipinski definition) is 2. The van der Waals surface area contributed by atoms with E-state index in [4.69, 9.17) is 5.11 Å². The Morgan fingerprint density at radius 1 is 1.48 bits per heavy atom. The number of nitrogens with zero attached hydrogens (tertiary/aromatic N) is 1. The zero-order chi connectivity index (χ0) is 15.6.